The highest BCUT2D eigenvalue weighted by atomic mass is 32.2. The third-order valence-corrected chi connectivity index (χ3v) is 6.14. The molecule has 0 saturated heterocycles. The van der Waals surface area contributed by atoms with Crippen molar-refractivity contribution in [2.45, 2.75) is 24.7 Å². The molecule has 0 spiro atoms. The number of nitrogens with two attached hydrogens (primary N) is 1. The van der Waals surface area contributed by atoms with E-state index in [0.717, 1.165) is 5.56 Å². The smallest absolute Gasteiger partial charge is 0.311 e. The Labute approximate surface area is 197 Å². The summed E-state index contributed by atoms with van der Waals surface area (Å²) in [6.45, 7) is 2.05. The summed E-state index contributed by atoms with van der Waals surface area (Å²) in [7, 11) is -0.916. The van der Waals surface area contributed by atoms with Gasteiger partial charge in [0.15, 0.2) is 0 Å². The maximum Gasteiger partial charge on any atom is 0.311 e. The zero-order chi connectivity index (χ0) is 24.9. The minimum atomic E-state index is -3.75. The van der Waals surface area contributed by atoms with Gasteiger partial charge in [0.2, 0.25) is 10.0 Å². The molecule has 0 fully saturated rings. The third-order valence-electron chi connectivity index (χ3n) is 5.21. The SMILES string of the molecule is COC(=O)Cc1[nH]n(-c2ccc(OC)cc2)c(=O)c1C(C)=NCCc1ccc(S(N)(=O)=O)cc1. The minimum absolute atomic E-state index is 0.0368. The zero-order valence-electron chi connectivity index (χ0n) is 19.1. The number of rotatable bonds is 9. The maximum absolute atomic E-state index is 13.2. The van der Waals surface area contributed by atoms with Crippen LogP contribution in [0.4, 0.5) is 0 Å². The predicted molar refractivity (Wildman–Crippen MR) is 127 cm³/mol. The van der Waals surface area contributed by atoms with Gasteiger partial charge < -0.3 is 9.47 Å². The van der Waals surface area contributed by atoms with Crippen molar-refractivity contribution in [1.82, 2.24) is 9.78 Å². The number of hydrogen-bond donors (Lipinski definition) is 2. The van der Waals surface area contributed by atoms with E-state index in [-0.39, 0.29) is 16.9 Å². The van der Waals surface area contributed by atoms with Crippen molar-refractivity contribution in [2.24, 2.45) is 10.1 Å². The summed E-state index contributed by atoms with van der Waals surface area (Å²) in [5, 5.41) is 8.11. The number of ether oxygens (including phenoxy) is 2. The molecule has 0 saturated carbocycles. The molecule has 0 unspecified atom stereocenters. The number of methoxy groups -OCH3 is 2. The van der Waals surface area contributed by atoms with Crippen molar-refractivity contribution < 1.29 is 22.7 Å². The summed E-state index contributed by atoms with van der Waals surface area (Å²) in [6.07, 6.45) is 0.401. The van der Waals surface area contributed by atoms with E-state index in [4.69, 9.17) is 14.6 Å². The van der Waals surface area contributed by atoms with Gasteiger partial charge in [0.1, 0.15) is 5.75 Å². The fraction of sp³-hybridized carbons (Fsp3) is 0.261. The lowest BCUT2D eigenvalue weighted by Gasteiger charge is -2.04. The second kappa shape index (κ2) is 10.5. The van der Waals surface area contributed by atoms with Crippen LogP contribution in [0.25, 0.3) is 5.69 Å². The summed E-state index contributed by atoms with van der Waals surface area (Å²) < 4.78 is 34.0. The topological polar surface area (TPSA) is 146 Å². The second-order valence-electron chi connectivity index (χ2n) is 7.46. The lowest BCUT2D eigenvalue weighted by molar-refractivity contribution is -0.139. The van der Waals surface area contributed by atoms with Gasteiger partial charge >= 0.3 is 5.97 Å². The standard InChI is InChI=1S/C23H26N4O6S/c1-15(25-13-12-16-4-10-19(11-5-16)34(24,30)31)22-20(14-21(28)33-3)26-27(23(22)29)17-6-8-18(32-2)9-7-17/h4-11,26H,12-14H2,1-3H3,(H2,24,30,31). The van der Waals surface area contributed by atoms with Crippen molar-refractivity contribution in [3.05, 3.63) is 75.7 Å². The molecular weight excluding hydrogens is 460 g/mol. The first-order chi connectivity index (χ1) is 16.1. The van der Waals surface area contributed by atoms with Crippen LogP contribution in [-0.4, -0.2) is 50.6 Å². The quantitative estimate of drug-likeness (QED) is 0.347. The average Bonchev–Trinajstić information content (AvgIpc) is 3.14. The molecule has 34 heavy (non-hydrogen) atoms. The molecule has 0 bridgehead atoms. The number of carbonyl (C=O) groups excluding carboxylic acids is 1. The van der Waals surface area contributed by atoms with Crippen LogP contribution in [0.3, 0.4) is 0 Å². The summed E-state index contributed by atoms with van der Waals surface area (Å²) in [4.78, 5) is 29.7. The molecule has 3 rings (SSSR count). The number of aromatic amines is 1. The molecule has 10 nitrogen and oxygen atoms in total. The zero-order valence-corrected chi connectivity index (χ0v) is 19.9. The van der Waals surface area contributed by atoms with E-state index in [1.165, 1.54) is 23.9 Å². The number of nitrogens with zero attached hydrogens (tertiary/aromatic N) is 2. The first-order valence-corrected chi connectivity index (χ1v) is 11.9. The Morgan fingerprint density at radius 1 is 1.09 bits per heavy atom. The van der Waals surface area contributed by atoms with Crippen molar-refractivity contribution >= 4 is 21.7 Å². The molecule has 180 valence electrons. The van der Waals surface area contributed by atoms with Gasteiger partial charge in [-0.2, -0.15) is 0 Å². The van der Waals surface area contributed by atoms with Crippen LogP contribution < -0.4 is 15.4 Å². The predicted octanol–water partition coefficient (Wildman–Crippen LogP) is 1.59. The Balaban J connectivity index is 1.88. The molecule has 0 aliphatic rings. The maximum atomic E-state index is 13.2. The first kappa shape index (κ1) is 24.9. The Morgan fingerprint density at radius 2 is 1.74 bits per heavy atom. The van der Waals surface area contributed by atoms with Crippen LogP contribution >= 0.6 is 0 Å². The van der Waals surface area contributed by atoms with Gasteiger partial charge in [0.05, 0.1) is 42.5 Å². The van der Waals surface area contributed by atoms with Crippen molar-refractivity contribution in [3.63, 3.8) is 0 Å². The number of carbonyl (C=O) groups is 1. The van der Waals surface area contributed by atoms with Gasteiger partial charge in [-0.3, -0.25) is 19.7 Å². The lowest BCUT2D eigenvalue weighted by Crippen LogP contribution is -2.20. The van der Waals surface area contributed by atoms with Gasteiger partial charge in [0, 0.05) is 12.3 Å². The molecule has 3 aromatic rings. The molecule has 11 heteroatoms. The first-order valence-electron chi connectivity index (χ1n) is 10.3. The number of aromatic nitrogens is 2. The lowest BCUT2D eigenvalue weighted by atomic mass is 10.1. The molecule has 0 amide bonds. The van der Waals surface area contributed by atoms with Crippen LogP contribution in [0, 0.1) is 0 Å². The fourth-order valence-electron chi connectivity index (χ4n) is 3.39. The van der Waals surface area contributed by atoms with Crippen LogP contribution in [0.1, 0.15) is 23.7 Å². The molecule has 1 aromatic heterocycles. The van der Waals surface area contributed by atoms with Gasteiger partial charge in [-0.15, -0.1) is 0 Å². The summed E-state index contributed by atoms with van der Waals surface area (Å²) in [6, 6.07) is 13.1. The van der Waals surface area contributed by atoms with Crippen LogP contribution in [0.2, 0.25) is 0 Å². The van der Waals surface area contributed by atoms with Gasteiger partial charge in [-0.25, -0.2) is 18.2 Å². The molecule has 0 aliphatic heterocycles. The van der Waals surface area contributed by atoms with Crippen molar-refractivity contribution in [3.8, 4) is 11.4 Å². The number of aliphatic imine (C=N–C) groups is 1. The highest BCUT2D eigenvalue weighted by Crippen LogP contribution is 2.15. The number of esters is 1. The number of H-pyrrole nitrogens is 1. The van der Waals surface area contributed by atoms with Crippen LogP contribution in [-0.2, 0) is 32.4 Å². The van der Waals surface area contributed by atoms with Gasteiger partial charge in [-0.05, 0) is 55.3 Å². The Bertz CT molecular complexity index is 1350. The Hall–Kier alpha value is -3.70. The minimum Gasteiger partial charge on any atom is -0.497 e. The summed E-state index contributed by atoms with van der Waals surface area (Å²) >= 11 is 0. The number of sulfonamides is 1. The van der Waals surface area contributed by atoms with Gasteiger partial charge in [0.25, 0.3) is 5.56 Å². The van der Waals surface area contributed by atoms with Crippen LogP contribution in [0.15, 0.2) is 63.2 Å². The Kier molecular flexibility index (Phi) is 7.69. The van der Waals surface area contributed by atoms with E-state index >= 15 is 0 Å². The molecule has 1 heterocycles. The molecular formula is C23H26N4O6S. The summed E-state index contributed by atoms with van der Waals surface area (Å²) in [5.41, 5.74) is 2.25. The number of hydrogen-bond acceptors (Lipinski definition) is 7. The van der Waals surface area contributed by atoms with Crippen molar-refractivity contribution in [1.29, 1.82) is 0 Å². The fourth-order valence-corrected chi connectivity index (χ4v) is 3.91. The van der Waals surface area contributed by atoms with E-state index in [0.29, 0.717) is 41.4 Å². The van der Waals surface area contributed by atoms with E-state index in [1.807, 2.05) is 0 Å². The molecule has 0 radical (unpaired) electrons. The number of nitrogens with one attached hydrogen (secondary N) is 1. The van der Waals surface area contributed by atoms with Crippen molar-refractivity contribution in [2.75, 3.05) is 20.8 Å². The highest BCUT2D eigenvalue weighted by molar-refractivity contribution is 7.89. The number of primary sulfonamides is 1. The van der Waals surface area contributed by atoms with Crippen LogP contribution in [0.5, 0.6) is 5.75 Å². The molecule has 0 atom stereocenters. The largest absolute Gasteiger partial charge is 0.497 e. The molecule has 0 aliphatic carbocycles. The average molecular weight is 487 g/mol. The summed E-state index contributed by atoms with van der Waals surface area (Å²) in [5.74, 6) is 0.153. The number of benzene rings is 2. The van der Waals surface area contributed by atoms with E-state index in [1.54, 1.807) is 50.4 Å². The Morgan fingerprint density at radius 3 is 2.29 bits per heavy atom. The highest BCUT2D eigenvalue weighted by Gasteiger charge is 2.20. The monoisotopic (exact) mass is 486 g/mol. The molecule has 3 N–H and O–H groups in total. The van der Waals surface area contributed by atoms with E-state index < -0.39 is 16.0 Å². The van der Waals surface area contributed by atoms with E-state index in [9.17, 15) is 18.0 Å². The molecule has 2 aromatic carbocycles. The van der Waals surface area contributed by atoms with E-state index in [2.05, 4.69) is 10.1 Å². The second-order valence-corrected chi connectivity index (χ2v) is 9.02. The third kappa shape index (κ3) is 5.80. The normalized spacial score (nSPS) is 11.9. The van der Waals surface area contributed by atoms with Gasteiger partial charge in [-0.1, -0.05) is 12.1 Å².